The van der Waals surface area contributed by atoms with Crippen molar-refractivity contribution in [2.45, 2.75) is 19.9 Å². The molecule has 0 bridgehead atoms. The molecule has 1 atom stereocenters. The molecular weight excluding hydrogens is 383 g/mol. The summed E-state index contributed by atoms with van der Waals surface area (Å²) in [6, 6.07) is 11.5. The molecule has 0 amide bonds. The van der Waals surface area contributed by atoms with E-state index in [0.29, 0.717) is 22.4 Å². The summed E-state index contributed by atoms with van der Waals surface area (Å²) in [5.74, 6) is 0.279. The van der Waals surface area contributed by atoms with E-state index in [2.05, 4.69) is 10.2 Å². The molecule has 158 valence electrons. The maximum absolute atomic E-state index is 13.5. The minimum Gasteiger partial charge on any atom is -0.379 e. The molecular formula is C23H27FN4O2. The van der Waals surface area contributed by atoms with Gasteiger partial charge in [-0.05, 0) is 49.7 Å². The number of hydrogen-bond acceptors (Lipinski definition) is 5. The summed E-state index contributed by atoms with van der Waals surface area (Å²) < 4.78 is 20.5. The summed E-state index contributed by atoms with van der Waals surface area (Å²) >= 11 is 0. The summed E-state index contributed by atoms with van der Waals surface area (Å²) in [5, 5.41) is 4.08. The fourth-order valence-corrected chi connectivity index (χ4v) is 3.90. The highest BCUT2D eigenvalue weighted by Gasteiger charge is 2.19. The number of aryl methyl sites for hydroxylation is 1. The van der Waals surface area contributed by atoms with Gasteiger partial charge in [0.25, 0.3) is 5.56 Å². The average molecular weight is 410 g/mol. The molecule has 1 aromatic heterocycles. The number of rotatable bonds is 6. The standard InChI is InChI=1S/C23H27FN4O2/c1-16-4-3-5-20-21(16)23(29)28(19-8-6-18(24)7-9-19)22(26-20)17(2)25-10-11-27-12-14-30-15-13-27/h3-9,17,25H,10-15H2,1-2H3. The Balaban J connectivity index is 1.69. The first-order chi connectivity index (χ1) is 14.5. The van der Waals surface area contributed by atoms with Gasteiger partial charge in [0.05, 0.1) is 35.8 Å². The van der Waals surface area contributed by atoms with Crippen LogP contribution in [0.1, 0.15) is 24.4 Å². The van der Waals surface area contributed by atoms with Gasteiger partial charge in [0.1, 0.15) is 11.6 Å². The predicted molar refractivity (Wildman–Crippen MR) is 116 cm³/mol. The molecule has 3 aromatic rings. The third-order valence-electron chi connectivity index (χ3n) is 5.59. The van der Waals surface area contributed by atoms with E-state index in [9.17, 15) is 9.18 Å². The molecule has 0 saturated carbocycles. The summed E-state index contributed by atoms with van der Waals surface area (Å²) in [4.78, 5) is 20.6. The molecule has 0 spiro atoms. The van der Waals surface area contributed by atoms with Crippen LogP contribution in [0.4, 0.5) is 4.39 Å². The lowest BCUT2D eigenvalue weighted by Gasteiger charge is -2.27. The largest absolute Gasteiger partial charge is 0.379 e. The van der Waals surface area contributed by atoms with Gasteiger partial charge in [-0.3, -0.25) is 14.3 Å². The monoisotopic (exact) mass is 410 g/mol. The van der Waals surface area contributed by atoms with Crippen molar-refractivity contribution in [3.8, 4) is 5.69 Å². The van der Waals surface area contributed by atoms with E-state index in [0.717, 1.165) is 45.0 Å². The Hall–Kier alpha value is -2.61. The first kappa shape index (κ1) is 20.7. The minimum absolute atomic E-state index is 0.137. The van der Waals surface area contributed by atoms with Gasteiger partial charge in [0.2, 0.25) is 0 Å². The van der Waals surface area contributed by atoms with E-state index in [1.54, 1.807) is 16.7 Å². The molecule has 2 aromatic carbocycles. The normalized spacial score (nSPS) is 16.1. The van der Waals surface area contributed by atoms with Crippen LogP contribution in [0.3, 0.4) is 0 Å². The maximum atomic E-state index is 13.5. The molecule has 1 fully saturated rings. The van der Waals surface area contributed by atoms with Crippen molar-refractivity contribution in [1.82, 2.24) is 19.8 Å². The predicted octanol–water partition coefficient (Wildman–Crippen LogP) is 2.82. The third kappa shape index (κ3) is 4.28. The second-order valence-corrected chi connectivity index (χ2v) is 7.69. The smallest absolute Gasteiger partial charge is 0.266 e. The molecule has 4 rings (SSSR count). The lowest BCUT2D eigenvalue weighted by Crippen LogP contribution is -2.41. The van der Waals surface area contributed by atoms with Crippen molar-refractivity contribution >= 4 is 10.9 Å². The highest BCUT2D eigenvalue weighted by molar-refractivity contribution is 5.81. The van der Waals surface area contributed by atoms with E-state index in [4.69, 9.17) is 9.72 Å². The third-order valence-corrected chi connectivity index (χ3v) is 5.59. The highest BCUT2D eigenvalue weighted by Crippen LogP contribution is 2.20. The number of benzene rings is 2. The van der Waals surface area contributed by atoms with Crippen LogP contribution < -0.4 is 10.9 Å². The van der Waals surface area contributed by atoms with Crippen LogP contribution in [0.2, 0.25) is 0 Å². The number of fused-ring (bicyclic) bond motifs is 1. The average Bonchev–Trinajstić information content (AvgIpc) is 2.75. The van der Waals surface area contributed by atoms with Crippen molar-refractivity contribution in [2.24, 2.45) is 0 Å². The zero-order valence-electron chi connectivity index (χ0n) is 17.4. The summed E-state index contributed by atoms with van der Waals surface area (Å²) in [5.41, 5.74) is 2.02. The maximum Gasteiger partial charge on any atom is 0.266 e. The Morgan fingerprint density at radius 3 is 2.63 bits per heavy atom. The topological polar surface area (TPSA) is 59.4 Å². The van der Waals surface area contributed by atoms with Crippen molar-refractivity contribution in [3.05, 3.63) is 70.0 Å². The second kappa shape index (κ2) is 9.04. The van der Waals surface area contributed by atoms with Crippen LogP contribution >= 0.6 is 0 Å². The first-order valence-electron chi connectivity index (χ1n) is 10.4. The number of nitrogens with zero attached hydrogens (tertiary/aromatic N) is 3. The van der Waals surface area contributed by atoms with E-state index in [1.165, 1.54) is 12.1 Å². The van der Waals surface area contributed by atoms with Gasteiger partial charge < -0.3 is 10.1 Å². The van der Waals surface area contributed by atoms with Crippen molar-refractivity contribution in [2.75, 3.05) is 39.4 Å². The molecule has 1 N–H and O–H groups in total. The summed E-state index contributed by atoms with van der Waals surface area (Å²) in [7, 11) is 0. The number of nitrogens with one attached hydrogen (secondary N) is 1. The summed E-state index contributed by atoms with van der Waals surface area (Å²) in [6.45, 7) is 8.99. The molecule has 2 heterocycles. The van der Waals surface area contributed by atoms with Crippen LogP contribution in [-0.4, -0.2) is 53.8 Å². The fraction of sp³-hybridized carbons (Fsp3) is 0.391. The van der Waals surface area contributed by atoms with Crippen LogP contribution in [0, 0.1) is 12.7 Å². The van der Waals surface area contributed by atoms with Gasteiger partial charge in [0, 0.05) is 26.2 Å². The molecule has 6 nitrogen and oxygen atoms in total. The molecule has 7 heteroatoms. The molecule has 0 radical (unpaired) electrons. The van der Waals surface area contributed by atoms with Gasteiger partial charge in [-0.25, -0.2) is 9.37 Å². The molecule has 30 heavy (non-hydrogen) atoms. The Bertz CT molecular complexity index is 1070. The van der Waals surface area contributed by atoms with Crippen LogP contribution in [-0.2, 0) is 4.74 Å². The SMILES string of the molecule is Cc1cccc2nc(C(C)NCCN3CCOCC3)n(-c3ccc(F)cc3)c(=O)c12. The lowest BCUT2D eigenvalue weighted by molar-refractivity contribution is 0.0381. The van der Waals surface area contributed by atoms with E-state index >= 15 is 0 Å². The Labute approximate surface area is 175 Å². The molecule has 1 saturated heterocycles. The highest BCUT2D eigenvalue weighted by atomic mass is 19.1. The van der Waals surface area contributed by atoms with E-state index < -0.39 is 0 Å². The Morgan fingerprint density at radius 1 is 1.17 bits per heavy atom. The van der Waals surface area contributed by atoms with Crippen LogP contribution in [0.15, 0.2) is 47.3 Å². The number of hydrogen-bond donors (Lipinski definition) is 1. The van der Waals surface area contributed by atoms with E-state index in [-0.39, 0.29) is 17.4 Å². The van der Waals surface area contributed by atoms with Crippen molar-refractivity contribution in [1.29, 1.82) is 0 Å². The Morgan fingerprint density at radius 2 is 1.90 bits per heavy atom. The minimum atomic E-state index is -0.338. The molecule has 1 unspecified atom stereocenters. The number of aromatic nitrogens is 2. The van der Waals surface area contributed by atoms with Gasteiger partial charge in [-0.1, -0.05) is 12.1 Å². The van der Waals surface area contributed by atoms with Gasteiger partial charge in [0.15, 0.2) is 0 Å². The number of halogens is 1. The van der Waals surface area contributed by atoms with Crippen LogP contribution in [0.5, 0.6) is 0 Å². The zero-order chi connectivity index (χ0) is 21.1. The quantitative estimate of drug-likeness (QED) is 0.677. The van der Waals surface area contributed by atoms with Crippen LogP contribution in [0.25, 0.3) is 16.6 Å². The van der Waals surface area contributed by atoms with Gasteiger partial charge in [-0.2, -0.15) is 0 Å². The van der Waals surface area contributed by atoms with Gasteiger partial charge >= 0.3 is 0 Å². The molecule has 1 aliphatic rings. The van der Waals surface area contributed by atoms with E-state index in [1.807, 2.05) is 32.0 Å². The fourth-order valence-electron chi connectivity index (χ4n) is 3.90. The van der Waals surface area contributed by atoms with Gasteiger partial charge in [-0.15, -0.1) is 0 Å². The summed E-state index contributed by atoms with van der Waals surface area (Å²) in [6.07, 6.45) is 0. The molecule has 0 aliphatic carbocycles. The number of morpholine rings is 1. The first-order valence-corrected chi connectivity index (χ1v) is 10.4. The zero-order valence-corrected chi connectivity index (χ0v) is 17.4. The Kier molecular flexibility index (Phi) is 6.22. The molecule has 1 aliphatic heterocycles. The number of ether oxygens (including phenoxy) is 1. The lowest BCUT2D eigenvalue weighted by atomic mass is 10.1. The van der Waals surface area contributed by atoms with Crippen molar-refractivity contribution in [3.63, 3.8) is 0 Å². The second-order valence-electron chi connectivity index (χ2n) is 7.69. The van der Waals surface area contributed by atoms with Crippen molar-refractivity contribution < 1.29 is 9.13 Å².